The number of hydrogen-bond acceptors (Lipinski definition) is 5. The van der Waals surface area contributed by atoms with Crippen molar-refractivity contribution >= 4 is 29.5 Å². The summed E-state index contributed by atoms with van der Waals surface area (Å²) >= 11 is 0. The topological polar surface area (TPSA) is 105 Å². The summed E-state index contributed by atoms with van der Waals surface area (Å²) in [4.78, 5) is 49.0. The molecule has 1 fully saturated rings. The molecule has 0 radical (unpaired) electrons. The molecule has 0 aliphatic carbocycles. The second kappa shape index (κ2) is 8.77. The Balaban J connectivity index is 1.48. The molecule has 4 amide bonds. The Labute approximate surface area is 174 Å². The van der Waals surface area contributed by atoms with E-state index in [1.54, 1.807) is 26.0 Å². The molecule has 3 rings (SSSR count). The molecule has 2 aromatic carbocycles. The van der Waals surface area contributed by atoms with E-state index in [-0.39, 0.29) is 0 Å². The number of anilines is 1. The third-order valence-corrected chi connectivity index (χ3v) is 4.98. The molecule has 1 heterocycles. The number of benzene rings is 2. The van der Waals surface area contributed by atoms with Crippen molar-refractivity contribution in [3.63, 3.8) is 0 Å². The summed E-state index contributed by atoms with van der Waals surface area (Å²) in [7, 11) is 0. The molecule has 156 valence electrons. The van der Waals surface area contributed by atoms with Gasteiger partial charge in [0.2, 0.25) is 0 Å². The average molecular weight is 409 g/mol. The van der Waals surface area contributed by atoms with Gasteiger partial charge in [-0.3, -0.25) is 19.3 Å². The zero-order valence-electron chi connectivity index (χ0n) is 16.8. The number of nitrogens with one attached hydrogen (secondary N) is 2. The zero-order chi connectivity index (χ0) is 21.7. The molecule has 0 aromatic heterocycles. The van der Waals surface area contributed by atoms with E-state index in [0.29, 0.717) is 12.1 Å². The number of hydrogen-bond donors (Lipinski definition) is 2. The molecule has 1 aliphatic rings. The zero-order valence-corrected chi connectivity index (χ0v) is 16.8. The van der Waals surface area contributed by atoms with Crippen LogP contribution in [-0.4, -0.2) is 47.4 Å². The van der Waals surface area contributed by atoms with Crippen LogP contribution < -0.4 is 10.6 Å². The Kier molecular flexibility index (Phi) is 6.15. The molecule has 8 nitrogen and oxygen atoms in total. The van der Waals surface area contributed by atoms with Gasteiger partial charge in [-0.2, -0.15) is 0 Å². The van der Waals surface area contributed by atoms with Gasteiger partial charge >= 0.3 is 12.0 Å². The number of nitrogens with zero attached hydrogens (tertiary/aromatic N) is 1. The summed E-state index contributed by atoms with van der Waals surface area (Å²) < 4.78 is 4.90. The van der Waals surface area contributed by atoms with Gasteiger partial charge in [0.05, 0.1) is 0 Å². The van der Waals surface area contributed by atoms with Gasteiger partial charge in [-0.15, -0.1) is 0 Å². The minimum Gasteiger partial charge on any atom is -0.454 e. The lowest BCUT2D eigenvalue weighted by molar-refractivity contribution is -0.150. The average Bonchev–Trinajstić information content (AvgIpc) is 2.97. The molecule has 30 heavy (non-hydrogen) atoms. The van der Waals surface area contributed by atoms with E-state index < -0.39 is 42.5 Å². The third kappa shape index (κ3) is 4.65. The fraction of sp³-hybridized carbons (Fsp3) is 0.273. The molecule has 1 saturated heterocycles. The number of rotatable bonds is 7. The summed E-state index contributed by atoms with van der Waals surface area (Å²) in [6.45, 7) is 2.29. The number of carbonyl (C=O) groups is 4. The molecule has 0 saturated carbocycles. The smallest absolute Gasteiger partial charge is 0.326 e. The standard InChI is InChI=1S/C22H23N3O5/c1-3-22(2)20(28)25(21(29)24-22)13-19(27)30-14-18(26)23-17-11-9-16(10-12-17)15-7-5-4-6-8-15/h4-12H,3,13-14H2,1-2H3,(H,23,26)(H,24,29)/t22-/m1/s1. The maximum absolute atomic E-state index is 12.3. The highest BCUT2D eigenvalue weighted by molar-refractivity contribution is 6.08. The molecule has 2 N–H and O–H groups in total. The number of ether oxygens (including phenoxy) is 1. The highest BCUT2D eigenvalue weighted by Gasteiger charge is 2.47. The minimum atomic E-state index is -1.03. The number of amides is 4. The maximum atomic E-state index is 12.3. The first-order valence-electron chi connectivity index (χ1n) is 9.57. The van der Waals surface area contributed by atoms with Crippen molar-refractivity contribution in [1.29, 1.82) is 0 Å². The van der Waals surface area contributed by atoms with E-state index in [4.69, 9.17) is 4.74 Å². The first-order valence-corrected chi connectivity index (χ1v) is 9.57. The Morgan fingerprint density at radius 3 is 2.27 bits per heavy atom. The van der Waals surface area contributed by atoms with Gasteiger partial charge in [-0.1, -0.05) is 49.4 Å². The van der Waals surface area contributed by atoms with Crippen LogP contribution in [0.15, 0.2) is 54.6 Å². The molecular weight excluding hydrogens is 386 g/mol. The lowest BCUT2D eigenvalue weighted by atomic mass is 9.99. The first-order chi connectivity index (χ1) is 14.3. The predicted molar refractivity (Wildman–Crippen MR) is 110 cm³/mol. The van der Waals surface area contributed by atoms with Gasteiger partial charge < -0.3 is 15.4 Å². The van der Waals surface area contributed by atoms with Crippen molar-refractivity contribution in [1.82, 2.24) is 10.2 Å². The van der Waals surface area contributed by atoms with Crippen molar-refractivity contribution in [3.8, 4) is 11.1 Å². The van der Waals surface area contributed by atoms with Crippen molar-refractivity contribution in [2.75, 3.05) is 18.5 Å². The largest absolute Gasteiger partial charge is 0.454 e. The minimum absolute atomic E-state index is 0.397. The van der Waals surface area contributed by atoms with Crippen LogP contribution in [0.4, 0.5) is 10.5 Å². The molecule has 0 bridgehead atoms. The summed E-state index contributed by atoms with van der Waals surface area (Å²) in [6, 6.07) is 16.4. The SMILES string of the molecule is CC[C@@]1(C)NC(=O)N(CC(=O)OCC(=O)Nc2ccc(-c3ccccc3)cc2)C1=O. The highest BCUT2D eigenvalue weighted by atomic mass is 16.5. The van der Waals surface area contributed by atoms with E-state index in [9.17, 15) is 19.2 Å². The van der Waals surface area contributed by atoms with Crippen LogP contribution in [0.5, 0.6) is 0 Å². The van der Waals surface area contributed by atoms with Crippen LogP contribution in [0.25, 0.3) is 11.1 Å². The maximum Gasteiger partial charge on any atom is 0.326 e. The fourth-order valence-electron chi connectivity index (χ4n) is 3.02. The third-order valence-electron chi connectivity index (χ3n) is 4.98. The van der Waals surface area contributed by atoms with Crippen molar-refractivity contribution in [3.05, 3.63) is 54.6 Å². The van der Waals surface area contributed by atoms with E-state index in [2.05, 4.69) is 10.6 Å². The van der Waals surface area contributed by atoms with Crippen molar-refractivity contribution in [2.24, 2.45) is 0 Å². The van der Waals surface area contributed by atoms with Gasteiger partial charge in [0, 0.05) is 5.69 Å². The predicted octanol–water partition coefficient (Wildman–Crippen LogP) is 2.56. The van der Waals surface area contributed by atoms with Crippen molar-refractivity contribution in [2.45, 2.75) is 25.8 Å². The molecule has 1 aliphatic heterocycles. The lowest BCUT2D eigenvalue weighted by Crippen LogP contribution is -2.43. The molecule has 0 unspecified atom stereocenters. The fourth-order valence-corrected chi connectivity index (χ4v) is 3.02. The Hall–Kier alpha value is -3.68. The number of carbonyl (C=O) groups excluding carboxylic acids is 4. The highest BCUT2D eigenvalue weighted by Crippen LogP contribution is 2.21. The normalized spacial score (nSPS) is 18.1. The van der Waals surface area contributed by atoms with Crippen LogP contribution >= 0.6 is 0 Å². The van der Waals surface area contributed by atoms with Crippen LogP contribution in [0.2, 0.25) is 0 Å². The van der Waals surface area contributed by atoms with Gasteiger partial charge in [-0.25, -0.2) is 4.79 Å². The van der Waals surface area contributed by atoms with Crippen LogP contribution in [0, 0.1) is 0 Å². The Bertz CT molecular complexity index is 958. The van der Waals surface area contributed by atoms with Crippen LogP contribution in [0.1, 0.15) is 20.3 Å². The van der Waals surface area contributed by atoms with Crippen LogP contribution in [0.3, 0.4) is 0 Å². The second-order valence-corrected chi connectivity index (χ2v) is 7.16. The van der Waals surface area contributed by atoms with E-state index in [1.165, 1.54) is 0 Å². The van der Waals surface area contributed by atoms with Gasteiger partial charge in [0.1, 0.15) is 12.1 Å². The van der Waals surface area contributed by atoms with E-state index in [1.807, 2.05) is 42.5 Å². The number of esters is 1. The van der Waals surface area contributed by atoms with Gasteiger partial charge in [0.25, 0.3) is 11.8 Å². The summed E-state index contributed by atoms with van der Waals surface area (Å²) in [6.07, 6.45) is 0.397. The second-order valence-electron chi connectivity index (χ2n) is 7.16. The van der Waals surface area contributed by atoms with E-state index in [0.717, 1.165) is 16.0 Å². The monoisotopic (exact) mass is 409 g/mol. The molecule has 1 atom stereocenters. The molecule has 2 aromatic rings. The summed E-state index contributed by atoms with van der Waals surface area (Å²) in [5.74, 6) is -1.85. The Morgan fingerprint density at radius 1 is 1.03 bits per heavy atom. The molecular formula is C22H23N3O5. The first kappa shape index (κ1) is 21.0. The van der Waals surface area contributed by atoms with Crippen molar-refractivity contribution < 1.29 is 23.9 Å². The van der Waals surface area contributed by atoms with Gasteiger partial charge in [0.15, 0.2) is 6.61 Å². The lowest BCUT2D eigenvalue weighted by Gasteiger charge is -2.18. The summed E-state index contributed by atoms with van der Waals surface area (Å²) in [5.41, 5.74) is 1.60. The number of imide groups is 1. The van der Waals surface area contributed by atoms with Gasteiger partial charge in [-0.05, 0) is 36.6 Å². The van der Waals surface area contributed by atoms with Crippen LogP contribution in [-0.2, 0) is 19.1 Å². The molecule has 0 spiro atoms. The quantitative estimate of drug-likeness (QED) is 0.540. The Morgan fingerprint density at radius 2 is 1.67 bits per heavy atom. The number of urea groups is 1. The summed E-state index contributed by atoms with van der Waals surface area (Å²) in [5, 5.41) is 5.18. The molecule has 8 heteroatoms. The van der Waals surface area contributed by atoms with E-state index >= 15 is 0 Å².